The van der Waals surface area contributed by atoms with E-state index in [1.54, 1.807) is 12.4 Å². The molecule has 122 valence electrons. The Bertz CT molecular complexity index is 762. The van der Waals surface area contributed by atoms with Gasteiger partial charge in [0.2, 0.25) is 0 Å². The van der Waals surface area contributed by atoms with Gasteiger partial charge < -0.3 is 4.90 Å². The molecular formula is C18H20N6. The fraction of sp³-hybridized carbons (Fsp3) is 0.333. The highest BCUT2D eigenvalue weighted by atomic mass is 15.4. The summed E-state index contributed by atoms with van der Waals surface area (Å²) in [4.78, 5) is 10.8. The average Bonchev–Trinajstić information content (AvgIpc) is 3.12. The Morgan fingerprint density at radius 2 is 1.88 bits per heavy atom. The van der Waals surface area contributed by atoms with Crippen molar-refractivity contribution in [2.45, 2.75) is 25.3 Å². The van der Waals surface area contributed by atoms with Gasteiger partial charge in [0.1, 0.15) is 5.82 Å². The van der Waals surface area contributed by atoms with Gasteiger partial charge in [-0.3, -0.25) is 4.98 Å². The van der Waals surface area contributed by atoms with Crippen molar-refractivity contribution < 1.29 is 0 Å². The third-order valence-electron chi connectivity index (χ3n) is 4.50. The third kappa shape index (κ3) is 3.27. The number of piperidine rings is 1. The first-order valence-corrected chi connectivity index (χ1v) is 8.34. The van der Waals surface area contributed by atoms with E-state index in [1.165, 1.54) is 5.56 Å². The molecule has 0 saturated carbocycles. The molecule has 3 aromatic rings. The van der Waals surface area contributed by atoms with Crippen LogP contribution in [0.2, 0.25) is 0 Å². The van der Waals surface area contributed by atoms with Crippen molar-refractivity contribution in [1.82, 2.24) is 25.0 Å². The Hall–Kier alpha value is -2.76. The van der Waals surface area contributed by atoms with Gasteiger partial charge in [0, 0.05) is 38.1 Å². The molecule has 2 aromatic heterocycles. The van der Waals surface area contributed by atoms with E-state index >= 15 is 0 Å². The summed E-state index contributed by atoms with van der Waals surface area (Å²) in [6.07, 6.45) is 10.3. The zero-order chi connectivity index (χ0) is 16.2. The van der Waals surface area contributed by atoms with Gasteiger partial charge >= 0.3 is 0 Å². The molecule has 24 heavy (non-hydrogen) atoms. The van der Waals surface area contributed by atoms with E-state index in [4.69, 9.17) is 0 Å². The van der Waals surface area contributed by atoms with E-state index in [0.717, 1.165) is 43.9 Å². The molecule has 0 unspecified atom stereocenters. The normalized spacial score (nSPS) is 15.6. The van der Waals surface area contributed by atoms with Crippen LogP contribution in [0.5, 0.6) is 0 Å². The maximum absolute atomic E-state index is 4.38. The van der Waals surface area contributed by atoms with Gasteiger partial charge in [-0.25, -0.2) is 9.67 Å². The van der Waals surface area contributed by atoms with Gasteiger partial charge in [-0.15, -0.1) is 5.10 Å². The van der Waals surface area contributed by atoms with Gasteiger partial charge in [0.25, 0.3) is 0 Å². The van der Waals surface area contributed by atoms with Crippen LogP contribution < -0.4 is 4.90 Å². The van der Waals surface area contributed by atoms with Gasteiger partial charge in [-0.2, -0.15) is 0 Å². The molecule has 0 atom stereocenters. The van der Waals surface area contributed by atoms with Crippen molar-refractivity contribution in [3.63, 3.8) is 0 Å². The van der Waals surface area contributed by atoms with Crippen molar-refractivity contribution >= 4 is 5.82 Å². The van der Waals surface area contributed by atoms with Crippen molar-refractivity contribution in [3.05, 3.63) is 66.4 Å². The Balaban J connectivity index is 1.38. The SMILES string of the molecule is c1ccc(Cc2cn(C3CCN(c4cnccn4)CC3)nn2)cc1. The predicted octanol–water partition coefficient (Wildman–Crippen LogP) is 2.50. The molecule has 6 nitrogen and oxygen atoms in total. The van der Waals surface area contributed by atoms with Crippen LogP contribution in [0.15, 0.2) is 55.1 Å². The molecule has 4 rings (SSSR count). The Morgan fingerprint density at radius 3 is 2.62 bits per heavy atom. The van der Waals surface area contributed by atoms with Crippen molar-refractivity contribution in [2.24, 2.45) is 0 Å². The average molecular weight is 320 g/mol. The number of hydrogen-bond donors (Lipinski definition) is 0. The van der Waals surface area contributed by atoms with E-state index in [1.807, 2.05) is 16.9 Å². The smallest absolute Gasteiger partial charge is 0.147 e. The number of anilines is 1. The Morgan fingerprint density at radius 1 is 1.04 bits per heavy atom. The molecule has 1 saturated heterocycles. The molecule has 1 aromatic carbocycles. The van der Waals surface area contributed by atoms with Crippen LogP contribution in [-0.2, 0) is 6.42 Å². The van der Waals surface area contributed by atoms with Gasteiger partial charge in [0.15, 0.2) is 0 Å². The minimum atomic E-state index is 0.412. The largest absolute Gasteiger partial charge is 0.355 e. The minimum absolute atomic E-state index is 0.412. The molecule has 6 heteroatoms. The van der Waals surface area contributed by atoms with E-state index in [9.17, 15) is 0 Å². The number of benzene rings is 1. The van der Waals surface area contributed by atoms with Crippen molar-refractivity contribution in [1.29, 1.82) is 0 Å². The van der Waals surface area contributed by atoms with Crippen LogP contribution in [0.3, 0.4) is 0 Å². The summed E-state index contributed by atoms with van der Waals surface area (Å²) >= 11 is 0. The lowest BCUT2D eigenvalue weighted by Gasteiger charge is -2.32. The summed E-state index contributed by atoms with van der Waals surface area (Å²) < 4.78 is 2.03. The number of aromatic nitrogens is 5. The fourth-order valence-electron chi connectivity index (χ4n) is 3.19. The number of nitrogens with zero attached hydrogens (tertiary/aromatic N) is 6. The second-order valence-electron chi connectivity index (χ2n) is 6.13. The minimum Gasteiger partial charge on any atom is -0.355 e. The zero-order valence-corrected chi connectivity index (χ0v) is 13.5. The summed E-state index contributed by atoms with van der Waals surface area (Å²) in [6.45, 7) is 1.94. The summed E-state index contributed by atoms with van der Waals surface area (Å²) in [5, 5.41) is 8.69. The van der Waals surface area contributed by atoms with Crippen molar-refractivity contribution in [2.75, 3.05) is 18.0 Å². The van der Waals surface area contributed by atoms with Gasteiger partial charge in [0.05, 0.1) is 17.9 Å². The fourth-order valence-corrected chi connectivity index (χ4v) is 3.19. The maximum atomic E-state index is 4.38. The number of rotatable bonds is 4. The first-order valence-electron chi connectivity index (χ1n) is 8.34. The first kappa shape index (κ1) is 14.8. The lowest BCUT2D eigenvalue weighted by atomic mass is 10.1. The first-order chi connectivity index (χ1) is 11.9. The van der Waals surface area contributed by atoms with Crippen LogP contribution in [0.4, 0.5) is 5.82 Å². The summed E-state index contributed by atoms with van der Waals surface area (Å²) in [7, 11) is 0. The summed E-state index contributed by atoms with van der Waals surface area (Å²) in [5.41, 5.74) is 2.29. The van der Waals surface area contributed by atoms with Crippen LogP contribution in [0.25, 0.3) is 0 Å². The van der Waals surface area contributed by atoms with E-state index in [0.29, 0.717) is 6.04 Å². The molecular weight excluding hydrogens is 300 g/mol. The van der Waals surface area contributed by atoms with Crippen LogP contribution in [-0.4, -0.2) is 38.1 Å². The Labute approximate surface area is 141 Å². The molecule has 0 spiro atoms. The molecule has 0 N–H and O–H groups in total. The molecule has 0 amide bonds. The molecule has 3 heterocycles. The van der Waals surface area contributed by atoms with E-state index in [-0.39, 0.29) is 0 Å². The van der Waals surface area contributed by atoms with Crippen molar-refractivity contribution in [3.8, 4) is 0 Å². The lowest BCUT2D eigenvalue weighted by Crippen LogP contribution is -2.35. The zero-order valence-electron chi connectivity index (χ0n) is 13.5. The second-order valence-corrected chi connectivity index (χ2v) is 6.13. The summed E-state index contributed by atoms with van der Waals surface area (Å²) in [6, 6.07) is 10.8. The molecule has 0 bridgehead atoms. The Kier molecular flexibility index (Phi) is 4.18. The lowest BCUT2D eigenvalue weighted by molar-refractivity contribution is 0.359. The quantitative estimate of drug-likeness (QED) is 0.739. The van der Waals surface area contributed by atoms with Crippen LogP contribution >= 0.6 is 0 Å². The highest BCUT2D eigenvalue weighted by molar-refractivity contribution is 5.35. The van der Waals surface area contributed by atoms with Crippen LogP contribution in [0.1, 0.15) is 30.1 Å². The molecule has 1 aliphatic rings. The number of hydrogen-bond acceptors (Lipinski definition) is 5. The molecule has 1 fully saturated rings. The van der Waals surface area contributed by atoms with Crippen LogP contribution in [0, 0.1) is 0 Å². The van der Waals surface area contributed by atoms with Gasteiger partial charge in [-0.1, -0.05) is 35.5 Å². The van der Waals surface area contributed by atoms with E-state index < -0.39 is 0 Å². The monoisotopic (exact) mass is 320 g/mol. The van der Waals surface area contributed by atoms with E-state index in [2.05, 4.69) is 55.6 Å². The molecule has 0 radical (unpaired) electrons. The third-order valence-corrected chi connectivity index (χ3v) is 4.50. The highest BCUT2D eigenvalue weighted by Gasteiger charge is 2.22. The molecule has 1 aliphatic heterocycles. The van der Waals surface area contributed by atoms with Gasteiger partial charge in [-0.05, 0) is 18.4 Å². The summed E-state index contributed by atoms with van der Waals surface area (Å²) in [5.74, 6) is 0.958. The highest BCUT2D eigenvalue weighted by Crippen LogP contribution is 2.24. The topological polar surface area (TPSA) is 59.7 Å². The standard InChI is InChI=1S/C18H20N6/c1-2-4-15(5-3-1)12-16-14-24(22-21-16)17-6-10-23(11-7-17)18-13-19-8-9-20-18/h1-5,8-9,13-14,17H,6-7,10-12H2. The maximum Gasteiger partial charge on any atom is 0.147 e. The second kappa shape index (κ2) is 6.78. The molecule has 0 aliphatic carbocycles. The predicted molar refractivity (Wildman–Crippen MR) is 91.8 cm³/mol.